The maximum atomic E-state index is 4.29. The van der Waals surface area contributed by atoms with Crippen LogP contribution in [0.5, 0.6) is 0 Å². The van der Waals surface area contributed by atoms with Crippen LogP contribution in [0.3, 0.4) is 0 Å². The molecular weight excluding hydrogens is 244 g/mol. The van der Waals surface area contributed by atoms with Crippen molar-refractivity contribution in [3.05, 3.63) is 65.7 Å². The molecule has 0 heterocycles. The zero-order chi connectivity index (χ0) is 12.3. The smallest absolute Gasteiger partial charge is 0.138 e. The fraction of sp³-hybridized carbons (Fsp3) is 0.200. The monoisotopic (exact) mass is 262 g/mol. The molecule has 96 valence electrons. The maximum Gasteiger partial charge on any atom is 0.138 e. The molecule has 0 radical (unpaired) electrons. The van der Waals surface area contributed by atoms with Gasteiger partial charge in [-0.25, -0.2) is 0 Å². The van der Waals surface area contributed by atoms with Crippen molar-refractivity contribution in [2.75, 3.05) is 19.0 Å². The van der Waals surface area contributed by atoms with E-state index in [4.69, 9.17) is 0 Å². The molecule has 18 heavy (non-hydrogen) atoms. The summed E-state index contributed by atoms with van der Waals surface area (Å²) in [7, 11) is 4.13. The van der Waals surface area contributed by atoms with Gasteiger partial charge >= 0.3 is 0 Å². The molecule has 2 aromatic carbocycles. The summed E-state index contributed by atoms with van der Waals surface area (Å²) in [6.07, 6.45) is 0. The molecule has 3 N–H and O–H groups in total. The summed E-state index contributed by atoms with van der Waals surface area (Å²) in [5.41, 5.74) is 8.05. The van der Waals surface area contributed by atoms with Crippen molar-refractivity contribution >= 4 is 5.69 Å². The van der Waals surface area contributed by atoms with Crippen molar-refractivity contribution in [1.29, 1.82) is 0 Å². The van der Waals surface area contributed by atoms with Crippen LogP contribution in [-0.2, 0) is 0 Å². The molecule has 3 heteroatoms. The van der Waals surface area contributed by atoms with Crippen LogP contribution in [-0.4, -0.2) is 14.1 Å². The zero-order valence-electron chi connectivity index (χ0n) is 10.8. The Balaban J connectivity index is 0.00000162. The maximum absolute atomic E-state index is 4.29. The highest BCUT2D eigenvalue weighted by molar-refractivity contribution is 5.55. The molecule has 1 atom stereocenters. The topological polar surface area (TPSA) is 30.9 Å². The van der Waals surface area contributed by atoms with Gasteiger partial charge in [0.1, 0.15) is 6.04 Å². The van der Waals surface area contributed by atoms with Gasteiger partial charge in [-0.2, -0.15) is 0 Å². The minimum atomic E-state index is 0. The lowest BCUT2D eigenvalue weighted by molar-refractivity contribution is -0.411. The molecule has 1 unspecified atom stereocenters. The van der Waals surface area contributed by atoms with E-state index >= 15 is 0 Å². The van der Waals surface area contributed by atoms with Crippen molar-refractivity contribution in [2.45, 2.75) is 6.04 Å². The lowest BCUT2D eigenvalue weighted by Crippen LogP contribution is -3.00. The molecule has 0 bridgehead atoms. The van der Waals surface area contributed by atoms with Crippen LogP contribution in [0.2, 0.25) is 0 Å². The Kier molecular flexibility index (Phi) is 5.20. The van der Waals surface area contributed by atoms with Gasteiger partial charge in [-0.05, 0) is 6.07 Å². The van der Waals surface area contributed by atoms with Gasteiger partial charge in [0, 0.05) is 30.9 Å². The number of hydrogen-bond donors (Lipinski definition) is 1. The minimum absolute atomic E-state index is 0. The highest BCUT2D eigenvalue weighted by Gasteiger charge is 2.16. The SMILES string of the molecule is CN(C)c1ccccc1C([NH3+])c1ccccc1.[Cl-]. The average Bonchev–Trinajstić information content (AvgIpc) is 2.39. The number of rotatable bonds is 3. The standard InChI is InChI=1S/C15H18N2.ClH/c1-17(2)14-11-7-6-10-13(14)15(16)12-8-4-3-5-9-12;/h3-11,15H,16H2,1-2H3;1H. The molecule has 2 aromatic rings. The fourth-order valence-corrected chi connectivity index (χ4v) is 2.05. The molecule has 0 aromatic heterocycles. The Bertz CT molecular complexity index is 483. The molecule has 2 nitrogen and oxygen atoms in total. The van der Waals surface area contributed by atoms with E-state index in [0.717, 1.165) is 0 Å². The van der Waals surface area contributed by atoms with Gasteiger partial charge < -0.3 is 23.0 Å². The quantitative estimate of drug-likeness (QED) is 0.763. The summed E-state index contributed by atoms with van der Waals surface area (Å²) in [4.78, 5) is 2.14. The third-order valence-electron chi connectivity index (χ3n) is 3.00. The van der Waals surface area contributed by atoms with E-state index in [2.05, 4.69) is 73.3 Å². The predicted octanol–water partition coefficient (Wildman–Crippen LogP) is -0.912. The average molecular weight is 263 g/mol. The third kappa shape index (κ3) is 3.03. The van der Waals surface area contributed by atoms with Crippen molar-refractivity contribution in [1.82, 2.24) is 0 Å². The van der Waals surface area contributed by atoms with Gasteiger partial charge in [-0.1, -0.05) is 48.5 Å². The van der Waals surface area contributed by atoms with Crippen LogP contribution >= 0.6 is 0 Å². The normalized spacial score (nSPS) is 11.5. The van der Waals surface area contributed by atoms with Crippen molar-refractivity contribution in [2.24, 2.45) is 0 Å². The summed E-state index contributed by atoms with van der Waals surface area (Å²) >= 11 is 0. The largest absolute Gasteiger partial charge is 1.00 e. The first-order valence-corrected chi connectivity index (χ1v) is 5.84. The molecule has 0 fully saturated rings. The number of hydrogen-bond acceptors (Lipinski definition) is 1. The Morgan fingerprint density at radius 3 is 2.06 bits per heavy atom. The van der Waals surface area contributed by atoms with Gasteiger partial charge in [-0.3, -0.25) is 0 Å². The molecule has 0 aliphatic rings. The second kappa shape index (κ2) is 6.43. The first kappa shape index (κ1) is 14.6. The van der Waals surface area contributed by atoms with Crippen LogP contribution < -0.4 is 23.0 Å². The van der Waals surface area contributed by atoms with Gasteiger partial charge in [0.25, 0.3) is 0 Å². The Morgan fingerprint density at radius 2 is 1.44 bits per heavy atom. The lowest BCUT2D eigenvalue weighted by Gasteiger charge is -2.19. The third-order valence-corrected chi connectivity index (χ3v) is 3.00. The van der Waals surface area contributed by atoms with E-state index in [0.29, 0.717) is 0 Å². The van der Waals surface area contributed by atoms with Gasteiger partial charge in [-0.15, -0.1) is 0 Å². The van der Waals surface area contributed by atoms with E-state index in [9.17, 15) is 0 Å². The van der Waals surface area contributed by atoms with E-state index < -0.39 is 0 Å². The number of quaternary nitrogens is 1. The highest BCUT2D eigenvalue weighted by Crippen LogP contribution is 2.26. The summed E-state index contributed by atoms with van der Waals surface area (Å²) in [5, 5.41) is 0. The van der Waals surface area contributed by atoms with Gasteiger partial charge in [0.2, 0.25) is 0 Å². The van der Waals surface area contributed by atoms with Crippen molar-refractivity contribution in [3.8, 4) is 0 Å². The predicted molar refractivity (Wildman–Crippen MR) is 71.9 cm³/mol. The second-order valence-electron chi connectivity index (χ2n) is 4.42. The first-order valence-electron chi connectivity index (χ1n) is 5.84. The Morgan fingerprint density at radius 1 is 0.889 bits per heavy atom. The molecular formula is C15H19ClN2. The van der Waals surface area contributed by atoms with E-state index in [1.165, 1.54) is 16.8 Å². The molecule has 0 aliphatic heterocycles. The number of benzene rings is 2. The van der Waals surface area contributed by atoms with Crippen LogP contribution in [0, 0.1) is 0 Å². The Hall–Kier alpha value is -1.51. The van der Waals surface area contributed by atoms with E-state index in [1.54, 1.807) is 0 Å². The van der Waals surface area contributed by atoms with E-state index in [1.807, 2.05) is 6.07 Å². The van der Waals surface area contributed by atoms with Crippen LogP contribution in [0.25, 0.3) is 0 Å². The van der Waals surface area contributed by atoms with Crippen molar-refractivity contribution < 1.29 is 18.1 Å². The number of nitrogens with zero attached hydrogens (tertiary/aromatic N) is 1. The van der Waals surface area contributed by atoms with Crippen molar-refractivity contribution in [3.63, 3.8) is 0 Å². The van der Waals surface area contributed by atoms with Crippen LogP contribution in [0.1, 0.15) is 17.2 Å². The summed E-state index contributed by atoms with van der Waals surface area (Å²) in [5.74, 6) is 0. The van der Waals surface area contributed by atoms with Gasteiger partial charge in [0.05, 0.1) is 0 Å². The van der Waals surface area contributed by atoms with Crippen LogP contribution in [0.4, 0.5) is 5.69 Å². The summed E-state index contributed by atoms with van der Waals surface area (Å²) in [6.45, 7) is 0. The fourth-order valence-electron chi connectivity index (χ4n) is 2.05. The summed E-state index contributed by atoms with van der Waals surface area (Å²) in [6, 6.07) is 19.0. The summed E-state index contributed by atoms with van der Waals surface area (Å²) < 4.78 is 0. The molecule has 0 saturated carbocycles. The highest BCUT2D eigenvalue weighted by atomic mass is 35.5. The lowest BCUT2D eigenvalue weighted by atomic mass is 9.98. The molecule has 0 amide bonds. The number of para-hydroxylation sites is 1. The molecule has 0 spiro atoms. The minimum Gasteiger partial charge on any atom is -1.00 e. The van der Waals surface area contributed by atoms with Gasteiger partial charge in [0.15, 0.2) is 0 Å². The van der Waals surface area contributed by atoms with Crippen LogP contribution in [0.15, 0.2) is 54.6 Å². The number of anilines is 1. The second-order valence-corrected chi connectivity index (χ2v) is 4.42. The number of halogens is 1. The molecule has 2 rings (SSSR count). The molecule has 0 aliphatic carbocycles. The molecule has 0 saturated heterocycles. The Labute approximate surface area is 115 Å². The van der Waals surface area contributed by atoms with E-state index in [-0.39, 0.29) is 18.4 Å². The zero-order valence-corrected chi connectivity index (χ0v) is 11.6. The first-order chi connectivity index (χ1) is 8.20.